The molecule has 0 bridgehead atoms. The first-order chi connectivity index (χ1) is 10.6. The van der Waals surface area contributed by atoms with Crippen molar-refractivity contribution >= 4 is 27.5 Å². The summed E-state index contributed by atoms with van der Waals surface area (Å²) in [5.41, 5.74) is 2.48. The molecule has 0 N–H and O–H groups in total. The largest absolute Gasteiger partial charge is 0.461 e. The van der Waals surface area contributed by atoms with E-state index >= 15 is 0 Å². The van der Waals surface area contributed by atoms with E-state index in [2.05, 4.69) is 6.07 Å². The predicted molar refractivity (Wildman–Crippen MR) is 86.0 cm³/mol. The molecule has 0 unspecified atom stereocenters. The van der Waals surface area contributed by atoms with Crippen molar-refractivity contribution in [3.63, 3.8) is 0 Å². The first-order valence-electron chi connectivity index (χ1n) is 7.09. The molecule has 3 rings (SSSR count). The predicted octanol–water partition coefficient (Wildman–Crippen LogP) is 4.38. The van der Waals surface area contributed by atoms with Crippen LogP contribution in [0.25, 0.3) is 10.2 Å². The third-order valence-electron chi connectivity index (χ3n) is 3.45. The number of rotatable bonds is 4. The summed E-state index contributed by atoms with van der Waals surface area (Å²) in [6, 6.07) is 10.3. The average Bonchev–Trinajstić information content (AvgIpc) is 2.99. The Labute approximate surface area is 131 Å². The number of esters is 1. The number of benzene rings is 1. The summed E-state index contributed by atoms with van der Waals surface area (Å²) in [5, 5.41) is 0. The fourth-order valence-electron chi connectivity index (χ4n) is 2.48. The Morgan fingerprint density at radius 3 is 2.68 bits per heavy atom. The van der Waals surface area contributed by atoms with Crippen LogP contribution in [0.15, 0.2) is 36.4 Å². The van der Waals surface area contributed by atoms with Crippen LogP contribution in [0.1, 0.15) is 27.9 Å². The van der Waals surface area contributed by atoms with Gasteiger partial charge in [0, 0.05) is 11.4 Å². The maximum Gasteiger partial charge on any atom is 0.355 e. The number of hydrogen-bond acceptors (Lipinski definition) is 3. The number of aromatic nitrogens is 1. The summed E-state index contributed by atoms with van der Waals surface area (Å²) in [7, 11) is 0. The third-order valence-corrected chi connectivity index (χ3v) is 4.44. The van der Waals surface area contributed by atoms with Gasteiger partial charge < -0.3 is 9.30 Å². The number of carbonyl (C=O) groups is 1. The molecule has 0 fully saturated rings. The standard InChI is InChI=1S/C17H16FNO2S/c1-3-21-17(20)15-9-16-14(8-11(2)22-16)19(15)10-12-4-6-13(18)7-5-12/h4-9H,3,10H2,1-2H3. The van der Waals surface area contributed by atoms with Crippen LogP contribution in [0.5, 0.6) is 0 Å². The fraction of sp³-hybridized carbons (Fsp3) is 0.235. The van der Waals surface area contributed by atoms with Crippen LogP contribution in [-0.4, -0.2) is 17.1 Å². The van der Waals surface area contributed by atoms with E-state index in [1.165, 1.54) is 17.0 Å². The Bertz CT molecular complexity index is 817. The molecule has 2 heterocycles. The topological polar surface area (TPSA) is 31.2 Å². The maximum atomic E-state index is 13.1. The first kappa shape index (κ1) is 14.8. The highest BCUT2D eigenvalue weighted by Gasteiger charge is 2.18. The number of halogens is 1. The van der Waals surface area contributed by atoms with Crippen LogP contribution < -0.4 is 0 Å². The molecule has 114 valence electrons. The molecule has 3 nitrogen and oxygen atoms in total. The van der Waals surface area contributed by atoms with E-state index in [-0.39, 0.29) is 11.8 Å². The van der Waals surface area contributed by atoms with Gasteiger partial charge >= 0.3 is 5.97 Å². The van der Waals surface area contributed by atoms with Crippen LogP contribution in [-0.2, 0) is 11.3 Å². The lowest BCUT2D eigenvalue weighted by molar-refractivity contribution is 0.0515. The zero-order chi connectivity index (χ0) is 15.7. The molecule has 0 aliphatic rings. The van der Waals surface area contributed by atoms with Crippen molar-refractivity contribution in [2.24, 2.45) is 0 Å². The van der Waals surface area contributed by atoms with Crippen molar-refractivity contribution in [3.05, 3.63) is 58.3 Å². The number of aryl methyl sites for hydroxylation is 1. The smallest absolute Gasteiger partial charge is 0.355 e. The highest BCUT2D eigenvalue weighted by Crippen LogP contribution is 2.29. The molecule has 3 aromatic rings. The lowest BCUT2D eigenvalue weighted by atomic mass is 10.2. The molecular formula is C17H16FNO2S. The SMILES string of the molecule is CCOC(=O)c1cc2sc(C)cc2n1Cc1ccc(F)cc1. The maximum absolute atomic E-state index is 13.1. The molecule has 0 saturated heterocycles. The molecule has 5 heteroatoms. The zero-order valence-corrected chi connectivity index (χ0v) is 13.2. The Kier molecular flexibility index (Phi) is 3.98. The van der Waals surface area contributed by atoms with Crippen LogP contribution in [0.4, 0.5) is 4.39 Å². The lowest BCUT2D eigenvalue weighted by Crippen LogP contribution is -2.12. The quantitative estimate of drug-likeness (QED) is 0.669. The first-order valence-corrected chi connectivity index (χ1v) is 7.91. The van der Waals surface area contributed by atoms with Gasteiger partial charge in [0.25, 0.3) is 0 Å². The van der Waals surface area contributed by atoms with Crippen LogP contribution in [0, 0.1) is 12.7 Å². The van der Waals surface area contributed by atoms with Gasteiger partial charge in [-0.05, 0) is 43.7 Å². The lowest BCUT2D eigenvalue weighted by Gasteiger charge is -2.10. The van der Waals surface area contributed by atoms with Gasteiger partial charge in [0.05, 0.1) is 16.8 Å². The Hall–Kier alpha value is -2.14. The molecule has 0 aliphatic carbocycles. The van der Waals surface area contributed by atoms with E-state index in [1.807, 2.05) is 17.6 Å². The molecular weight excluding hydrogens is 301 g/mol. The van der Waals surface area contributed by atoms with E-state index < -0.39 is 0 Å². The monoisotopic (exact) mass is 317 g/mol. The van der Waals surface area contributed by atoms with E-state index in [4.69, 9.17) is 4.74 Å². The molecule has 22 heavy (non-hydrogen) atoms. The molecule has 0 amide bonds. The van der Waals surface area contributed by atoms with E-state index in [0.717, 1.165) is 15.8 Å². The number of ether oxygens (including phenoxy) is 1. The molecule has 0 atom stereocenters. The fourth-order valence-corrected chi connectivity index (χ4v) is 3.44. The number of carbonyl (C=O) groups excluding carboxylic acids is 1. The van der Waals surface area contributed by atoms with Gasteiger partial charge in [-0.1, -0.05) is 12.1 Å². The molecule has 0 aliphatic heterocycles. The van der Waals surface area contributed by atoms with Gasteiger partial charge in [-0.3, -0.25) is 0 Å². The van der Waals surface area contributed by atoms with E-state index in [1.54, 1.807) is 30.4 Å². The number of thiophene rings is 1. The van der Waals surface area contributed by atoms with Gasteiger partial charge in [0.1, 0.15) is 11.5 Å². The van der Waals surface area contributed by atoms with Gasteiger partial charge in [-0.2, -0.15) is 0 Å². The summed E-state index contributed by atoms with van der Waals surface area (Å²) >= 11 is 1.65. The molecule has 0 saturated carbocycles. The Balaban J connectivity index is 2.05. The van der Waals surface area contributed by atoms with Crippen molar-refractivity contribution in [3.8, 4) is 0 Å². The zero-order valence-electron chi connectivity index (χ0n) is 12.4. The van der Waals surface area contributed by atoms with Crippen LogP contribution in [0.3, 0.4) is 0 Å². The molecule has 0 spiro atoms. The van der Waals surface area contributed by atoms with Crippen molar-refractivity contribution < 1.29 is 13.9 Å². The molecule has 0 radical (unpaired) electrons. The molecule has 1 aromatic carbocycles. The van der Waals surface area contributed by atoms with Gasteiger partial charge in [-0.15, -0.1) is 11.3 Å². The Morgan fingerprint density at radius 2 is 2.00 bits per heavy atom. The van der Waals surface area contributed by atoms with Gasteiger partial charge in [0.2, 0.25) is 0 Å². The minimum Gasteiger partial charge on any atom is -0.461 e. The van der Waals surface area contributed by atoms with Crippen molar-refractivity contribution in [2.75, 3.05) is 6.61 Å². The summed E-state index contributed by atoms with van der Waals surface area (Å²) in [5.74, 6) is -0.593. The second-order valence-electron chi connectivity index (χ2n) is 5.07. The number of nitrogens with zero attached hydrogens (tertiary/aromatic N) is 1. The van der Waals surface area contributed by atoms with Crippen molar-refractivity contribution in [2.45, 2.75) is 20.4 Å². The second-order valence-corrected chi connectivity index (χ2v) is 6.36. The summed E-state index contributed by atoms with van der Waals surface area (Å²) in [4.78, 5) is 13.4. The number of fused-ring (bicyclic) bond motifs is 1. The number of hydrogen-bond donors (Lipinski definition) is 0. The third kappa shape index (κ3) is 2.76. The summed E-state index contributed by atoms with van der Waals surface area (Å²) in [6.07, 6.45) is 0. The average molecular weight is 317 g/mol. The highest BCUT2D eigenvalue weighted by molar-refractivity contribution is 7.19. The molecule has 2 aromatic heterocycles. The van der Waals surface area contributed by atoms with Gasteiger partial charge in [0.15, 0.2) is 0 Å². The van der Waals surface area contributed by atoms with Crippen molar-refractivity contribution in [1.29, 1.82) is 0 Å². The minimum atomic E-state index is -0.328. The van der Waals surface area contributed by atoms with E-state index in [0.29, 0.717) is 18.8 Å². The minimum absolute atomic E-state index is 0.265. The van der Waals surface area contributed by atoms with Crippen molar-refractivity contribution in [1.82, 2.24) is 4.57 Å². The van der Waals surface area contributed by atoms with Crippen LogP contribution >= 0.6 is 11.3 Å². The van der Waals surface area contributed by atoms with Crippen LogP contribution in [0.2, 0.25) is 0 Å². The summed E-state index contributed by atoms with van der Waals surface area (Å²) in [6.45, 7) is 4.68. The van der Waals surface area contributed by atoms with Gasteiger partial charge in [-0.25, -0.2) is 9.18 Å². The second kappa shape index (κ2) is 5.93. The highest BCUT2D eigenvalue weighted by atomic mass is 32.1. The summed E-state index contributed by atoms with van der Waals surface area (Å²) < 4.78 is 21.2. The van der Waals surface area contributed by atoms with E-state index in [9.17, 15) is 9.18 Å². The normalized spacial score (nSPS) is 11.0. The Morgan fingerprint density at radius 1 is 1.27 bits per heavy atom.